The van der Waals surface area contributed by atoms with Gasteiger partial charge in [0.25, 0.3) is 5.69 Å². The average molecular weight is 699 g/mol. The SMILES string of the molecule is CC(C)OC(=O)OCOP(=O)(COC1(Cn2cnc3c(Sc4ccc([N+](=O)[O-])cc4)nc(N)nc32)CC1C)OCOC(=O)OC(C)C. The van der Waals surface area contributed by atoms with Gasteiger partial charge in [-0.15, -0.1) is 0 Å². The Morgan fingerprint density at radius 3 is 2.17 bits per heavy atom. The normalized spacial score (nSPS) is 17.6. The lowest BCUT2D eigenvalue weighted by molar-refractivity contribution is -0.384. The average Bonchev–Trinajstić information content (AvgIpc) is 3.44. The number of rotatable bonds is 16. The lowest BCUT2D eigenvalue weighted by Crippen LogP contribution is -2.26. The number of non-ortho nitro benzene ring substituents is 1. The molecule has 4 rings (SSSR count). The Hall–Kier alpha value is -4.03. The Bertz CT molecular complexity index is 1610. The van der Waals surface area contributed by atoms with Crippen LogP contribution in [0.5, 0.6) is 0 Å². The number of ether oxygens (including phenoxy) is 5. The van der Waals surface area contributed by atoms with Crippen LogP contribution in [0.4, 0.5) is 21.2 Å². The van der Waals surface area contributed by atoms with Crippen LogP contribution < -0.4 is 5.73 Å². The van der Waals surface area contributed by atoms with Gasteiger partial charge in [0.05, 0.1) is 35.6 Å². The standard InChI is InChI=1S/C27H35N6O12PS/c1-16(2)44-25(34)39-13-42-46(38,43-14-40-26(35)45-17(3)4)15-41-27(10-18(27)5)11-32-12-29-21-22(32)30-24(28)31-23(21)47-20-8-6-19(7-9-20)33(36)37/h6-9,12,16-18H,10-11,13-15H2,1-5H3,(H2,28,30,31). The fraction of sp³-hybridized carbons (Fsp3) is 0.519. The Balaban J connectivity index is 1.47. The third kappa shape index (κ3) is 9.98. The molecule has 0 bridgehead atoms. The molecule has 2 heterocycles. The zero-order chi connectivity index (χ0) is 34.4. The third-order valence-corrected chi connectivity index (χ3v) is 8.99. The second kappa shape index (κ2) is 15.2. The first-order valence-corrected chi connectivity index (χ1v) is 16.8. The van der Waals surface area contributed by atoms with Gasteiger partial charge >= 0.3 is 19.9 Å². The monoisotopic (exact) mass is 698 g/mol. The molecular weight excluding hydrogens is 663 g/mol. The van der Waals surface area contributed by atoms with Gasteiger partial charge in [0.2, 0.25) is 19.5 Å². The van der Waals surface area contributed by atoms with Gasteiger partial charge in [-0.3, -0.25) is 23.7 Å². The highest BCUT2D eigenvalue weighted by atomic mass is 32.2. The molecular formula is C27H35N6O12PS. The van der Waals surface area contributed by atoms with Gasteiger partial charge in [-0.1, -0.05) is 18.7 Å². The number of nitro groups is 1. The predicted octanol–water partition coefficient (Wildman–Crippen LogP) is 5.49. The molecule has 0 aliphatic heterocycles. The van der Waals surface area contributed by atoms with Crippen molar-refractivity contribution in [2.45, 2.75) is 75.3 Å². The summed E-state index contributed by atoms with van der Waals surface area (Å²) in [7, 11) is -4.19. The zero-order valence-electron chi connectivity index (χ0n) is 26.2. The minimum absolute atomic E-state index is 0.00363. The van der Waals surface area contributed by atoms with Crippen molar-refractivity contribution in [3.8, 4) is 0 Å². The van der Waals surface area contributed by atoms with E-state index < -0.39 is 62.6 Å². The number of anilines is 1. The highest BCUT2D eigenvalue weighted by molar-refractivity contribution is 7.99. The van der Waals surface area contributed by atoms with E-state index in [-0.39, 0.29) is 24.1 Å². The number of carbonyl (C=O) groups is 2. The van der Waals surface area contributed by atoms with Crippen LogP contribution in [-0.4, -0.2) is 74.5 Å². The molecule has 256 valence electrons. The second-order valence-electron chi connectivity index (χ2n) is 11.0. The number of nitrogens with two attached hydrogens (primary N) is 1. The van der Waals surface area contributed by atoms with Crippen LogP contribution >= 0.6 is 19.4 Å². The van der Waals surface area contributed by atoms with Crippen molar-refractivity contribution in [3.63, 3.8) is 0 Å². The van der Waals surface area contributed by atoms with Gasteiger partial charge in [-0.2, -0.15) is 4.98 Å². The van der Waals surface area contributed by atoms with Crippen LogP contribution in [0.2, 0.25) is 0 Å². The van der Waals surface area contributed by atoms with Crippen LogP contribution in [0.15, 0.2) is 40.5 Å². The second-order valence-corrected chi connectivity index (χ2v) is 14.0. The van der Waals surface area contributed by atoms with E-state index in [2.05, 4.69) is 15.0 Å². The number of nitro benzene ring substituents is 1. The van der Waals surface area contributed by atoms with E-state index in [9.17, 15) is 24.3 Å². The van der Waals surface area contributed by atoms with Gasteiger partial charge in [0.1, 0.15) is 16.9 Å². The Labute approximate surface area is 273 Å². The molecule has 2 unspecified atom stereocenters. The van der Waals surface area contributed by atoms with Crippen LogP contribution in [0.1, 0.15) is 41.0 Å². The van der Waals surface area contributed by atoms with Crippen molar-refractivity contribution in [2.75, 3.05) is 25.7 Å². The molecule has 0 saturated heterocycles. The molecule has 1 saturated carbocycles. The molecule has 2 N–H and O–H groups in total. The van der Waals surface area contributed by atoms with E-state index in [1.54, 1.807) is 50.7 Å². The van der Waals surface area contributed by atoms with E-state index in [1.165, 1.54) is 23.9 Å². The summed E-state index contributed by atoms with van der Waals surface area (Å²) in [5.74, 6) is -0.0168. The Morgan fingerprint density at radius 2 is 1.66 bits per heavy atom. The molecule has 47 heavy (non-hydrogen) atoms. The summed E-state index contributed by atoms with van der Waals surface area (Å²) in [6.45, 7) is 7.06. The number of hydrogen-bond acceptors (Lipinski definition) is 17. The molecule has 1 fully saturated rings. The fourth-order valence-electron chi connectivity index (χ4n) is 4.17. The first-order valence-electron chi connectivity index (χ1n) is 14.3. The van der Waals surface area contributed by atoms with Crippen LogP contribution in [-0.2, 0) is 43.8 Å². The number of nitrogens with zero attached hydrogens (tertiary/aromatic N) is 5. The molecule has 1 aromatic carbocycles. The highest BCUT2D eigenvalue weighted by Gasteiger charge is 2.54. The van der Waals surface area contributed by atoms with E-state index in [4.69, 9.17) is 38.5 Å². The minimum Gasteiger partial charge on any atom is -0.432 e. The van der Waals surface area contributed by atoms with Crippen LogP contribution in [0.25, 0.3) is 11.2 Å². The maximum atomic E-state index is 13.6. The third-order valence-electron chi connectivity index (χ3n) is 6.57. The van der Waals surface area contributed by atoms with E-state index in [1.807, 2.05) is 6.92 Å². The van der Waals surface area contributed by atoms with Crippen molar-refractivity contribution in [3.05, 3.63) is 40.7 Å². The van der Waals surface area contributed by atoms with Crippen LogP contribution in [0.3, 0.4) is 0 Å². The van der Waals surface area contributed by atoms with E-state index in [0.717, 1.165) is 0 Å². The Morgan fingerprint density at radius 1 is 1.09 bits per heavy atom. The summed E-state index contributed by atoms with van der Waals surface area (Å²) >= 11 is 1.22. The maximum absolute atomic E-state index is 13.6. The first kappa shape index (κ1) is 35.8. The molecule has 2 atom stereocenters. The fourth-order valence-corrected chi connectivity index (χ4v) is 6.11. The summed E-state index contributed by atoms with van der Waals surface area (Å²) in [4.78, 5) is 47.9. The number of benzene rings is 1. The molecule has 0 spiro atoms. The quantitative estimate of drug-likeness (QED) is 0.0487. The van der Waals surface area contributed by atoms with E-state index >= 15 is 0 Å². The molecule has 1 aliphatic carbocycles. The summed E-state index contributed by atoms with van der Waals surface area (Å²) in [6.07, 6.45) is -1.49. The van der Waals surface area contributed by atoms with Crippen molar-refractivity contribution < 1.29 is 51.8 Å². The summed E-state index contributed by atoms with van der Waals surface area (Å²) < 4.78 is 51.4. The van der Waals surface area contributed by atoms with Crippen molar-refractivity contribution >= 4 is 54.5 Å². The van der Waals surface area contributed by atoms with Crippen molar-refractivity contribution in [2.24, 2.45) is 5.92 Å². The molecule has 0 amide bonds. The van der Waals surface area contributed by atoms with Gasteiger partial charge in [-0.25, -0.2) is 19.6 Å². The molecule has 2 aromatic heterocycles. The lowest BCUT2D eigenvalue weighted by atomic mass is 10.2. The number of carbonyl (C=O) groups excluding carboxylic acids is 2. The molecule has 1 aliphatic rings. The van der Waals surface area contributed by atoms with Gasteiger partial charge < -0.3 is 34.0 Å². The van der Waals surface area contributed by atoms with Crippen LogP contribution in [0, 0.1) is 16.0 Å². The summed E-state index contributed by atoms with van der Waals surface area (Å²) in [6, 6.07) is 5.96. The topological polar surface area (TPSA) is 229 Å². The first-order chi connectivity index (χ1) is 22.2. The van der Waals surface area contributed by atoms with Gasteiger partial charge in [-0.05, 0) is 52.2 Å². The lowest BCUT2D eigenvalue weighted by Gasteiger charge is -2.23. The smallest absolute Gasteiger partial charge is 0.432 e. The zero-order valence-corrected chi connectivity index (χ0v) is 27.9. The minimum atomic E-state index is -4.19. The molecule has 3 aromatic rings. The largest absolute Gasteiger partial charge is 0.510 e. The number of fused-ring (bicyclic) bond motifs is 1. The van der Waals surface area contributed by atoms with Crippen molar-refractivity contribution in [1.29, 1.82) is 0 Å². The predicted molar refractivity (Wildman–Crippen MR) is 164 cm³/mol. The number of hydrogen-bond donors (Lipinski definition) is 1. The maximum Gasteiger partial charge on any atom is 0.510 e. The van der Waals surface area contributed by atoms with Gasteiger partial charge in [0, 0.05) is 17.0 Å². The number of nitrogen functional groups attached to an aromatic ring is 1. The molecule has 20 heteroatoms. The Kier molecular flexibility index (Phi) is 11.6. The van der Waals surface area contributed by atoms with Gasteiger partial charge in [0.15, 0.2) is 5.65 Å². The van der Waals surface area contributed by atoms with Crippen molar-refractivity contribution in [1.82, 2.24) is 19.5 Å². The highest BCUT2D eigenvalue weighted by Crippen LogP contribution is 2.54. The summed E-state index contributed by atoms with van der Waals surface area (Å²) in [5, 5.41) is 11.4. The summed E-state index contributed by atoms with van der Waals surface area (Å²) in [5.41, 5.74) is 5.98. The number of imidazole rings is 1. The van der Waals surface area contributed by atoms with E-state index in [0.29, 0.717) is 27.5 Å². The number of aromatic nitrogens is 4. The molecule has 0 radical (unpaired) electrons. The molecule has 18 nitrogen and oxygen atoms in total.